The van der Waals surface area contributed by atoms with Crippen molar-refractivity contribution in [3.05, 3.63) is 35.4 Å². The molecule has 26 heavy (non-hydrogen) atoms. The molecular weight excluding hydrogens is 437 g/mol. The zero-order valence-electron chi connectivity index (χ0n) is 17.0. The van der Waals surface area contributed by atoms with E-state index in [1.807, 2.05) is 7.05 Å². The van der Waals surface area contributed by atoms with Crippen molar-refractivity contribution in [3.63, 3.8) is 0 Å². The Balaban J connectivity index is 0.00000338. The zero-order valence-corrected chi connectivity index (χ0v) is 19.4. The monoisotopic (exact) mass is 473 g/mol. The van der Waals surface area contributed by atoms with Crippen molar-refractivity contribution in [2.45, 2.75) is 45.4 Å². The van der Waals surface area contributed by atoms with E-state index in [0.29, 0.717) is 0 Å². The fourth-order valence-electron chi connectivity index (χ4n) is 3.37. The van der Waals surface area contributed by atoms with E-state index in [4.69, 9.17) is 4.74 Å². The lowest BCUT2D eigenvalue weighted by Gasteiger charge is -2.30. The predicted molar refractivity (Wildman–Crippen MR) is 122 cm³/mol. The molecule has 0 aliphatic carbocycles. The van der Waals surface area contributed by atoms with Crippen LogP contribution in [0.25, 0.3) is 0 Å². The standard InChI is InChI=1S/C21H35N3O.HI/c1-17-7-6-8-19(15-17)21(2,3)16-23-20(22-4)24(5)12-9-18-10-13-25-14-11-18;/h6-8,15,18H,9-14,16H2,1-5H3,(H,22,23);1H. The van der Waals surface area contributed by atoms with Crippen LogP contribution in [0.1, 0.15) is 44.2 Å². The molecule has 1 fully saturated rings. The number of ether oxygens (including phenoxy) is 1. The molecule has 4 nitrogen and oxygen atoms in total. The van der Waals surface area contributed by atoms with Crippen molar-refractivity contribution < 1.29 is 4.74 Å². The van der Waals surface area contributed by atoms with Gasteiger partial charge in [-0.3, -0.25) is 4.99 Å². The molecule has 2 rings (SSSR count). The SMILES string of the molecule is CN=C(NCC(C)(C)c1cccc(C)c1)N(C)CCC1CCOCC1.I. The van der Waals surface area contributed by atoms with Gasteiger partial charge in [0.05, 0.1) is 0 Å². The van der Waals surface area contributed by atoms with Crippen LogP contribution in [0.2, 0.25) is 0 Å². The van der Waals surface area contributed by atoms with Gasteiger partial charge in [0.2, 0.25) is 0 Å². The number of nitrogens with one attached hydrogen (secondary N) is 1. The minimum absolute atomic E-state index is 0. The van der Waals surface area contributed by atoms with E-state index in [-0.39, 0.29) is 29.4 Å². The third-order valence-electron chi connectivity index (χ3n) is 5.27. The smallest absolute Gasteiger partial charge is 0.193 e. The Morgan fingerprint density at radius 2 is 2.00 bits per heavy atom. The third kappa shape index (κ3) is 7.06. The van der Waals surface area contributed by atoms with Gasteiger partial charge < -0.3 is 15.0 Å². The maximum absolute atomic E-state index is 5.45. The summed E-state index contributed by atoms with van der Waals surface area (Å²) in [6.45, 7) is 10.5. The lowest BCUT2D eigenvalue weighted by molar-refractivity contribution is 0.0625. The summed E-state index contributed by atoms with van der Waals surface area (Å²) in [5, 5.41) is 3.57. The van der Waals surface area contributed by atoms with Gasteiger partial charge in [0, 0.05) is 45.8 Å². The summed E-state index contributed by atoms with van der Waals surface area (Å²) in [6.07, 6.45) is 3.60. The molecule has 0 unspecified atom stereocenters. The molecule has 0 radical (unpaired) electrons. The Kier molecular flexibility index (Phi) is 9.93. The molecule has 0 bridgehead atoms. The average molecular weight is 473 g/mol. The number of aryl methyl sites for hydroxylation is 1. The maximum Gasteiger partial charge on any atom is 0.193 e. The van der Waals surface area contributed by atoms with E-state index in [9.17, 15) is 0 Å². The minimum Gasteiger partial charge on any atom is -0.381 e. The fraction of sp³-hybridized carbons (Fsp3) is 0.667. The van der Waals surface area contributed by atoms with Gasteiger partial charge in [-0.15, -0.1) is 24.0 Å². The van der Waals surface area contributed by atoms with Gasteiger partial charge in [0.25, 0.3) is 0 Å². The van der Waals surface area contributed by atoms with Crippen molar-refractivity contribution in [2.75, 3.05) is 40.4 Å². The zero-order chi connectivity index (χ0) is 18.3. The quantitative estimate of drug-likeness (QED) is 0.382. The molecule has 1 N–H and O–H groups in total. The first kappa shape index (κ1) is 23.2. The lowest BCUT2D eigenvalue weighted by atomic mass is 9.84. The Morgan fingerprint density at radius 3 is 2.62 bits per heavy atom. The van der Waals surface area contributed by atoms with Crippen LogP contribution >= 0.6 is 24.0 Å². The molecule has 0 aromatic heterocycles. The first-order valence-corrected chi connectivity index (χ1v) is 9.49. The highest BCUT2D eigenvalue weighted by molar-refractivity contribution is 14.0. The summed E-state index contributed by atoms with van der Waals surface area (Å²) in [4.78, 5) is 6.72. The number of rotatable bonds is 6. The van der Waals surface area contributed by atoms with E-state index in [0.717, 1.165) is 38.2 Å². The van der Waals surface area contributed by atoms with Crippen LogP contribution in [-0.2, 0) is 10.2 Å². The summed E-state index contributed by atoms with van der Waals surface area (Å²) in [6, 6.07) is 8.78. The molecule has 1 saturated heterocycles. The third-order valence-corrected chi connectivity index (χ3v) is 5.27. The number of guanidine groups is 1. The van der Waals surface area contributed by atoms with Crippen molar-refractivity contribution in [3.8, 4) is 0 Å². The number of hydrogen-bond acceptors (Lipinski definition) is 2. The van der Waals surface area contributed by atoms with Crippen molar-refractivity contribution in [1.29, 1.82) is 0 Å². The van der Waals surface area contributed by atoms with Crippen LogP contribution in [-0.4, -0.2) is 51.3 Å². The van der Waals surface area contributed by atoms with Crippen LogP contribution in [0.4, 0.5) is 0 Å². The molecular formula is C21H36IN3O. The molecule has 1 aromatic carbocycles. The molecule has 0 atom stereocenters. The summed E-state index contributed by atoms with van der Waals surface area (Å²) in [5.41, 5.74) is 2.73. The second kappa shape index (κ2) is 11.1. The van der Waals surface area contributed by atoms with Crippen molar-refractivity contribution >= 4 is 29.9 Å². The van der Waals surface area contributed by atoms with E-state index < -0.39 is 0 Å². The van der Waals surface area contributed by atoms with Crippen LogP contribution in [0.3, 0.4) is 0 Å². The van der Waals surface area contributed by atoms with Gasteiger partial charge in [-0.1, -0.05) is 43.7 Å². The minimum atomic E-state index is 0. The van der Waals surface area contributed by atoms with Gasteiger partial charge >= 0.3 is 0 Å². The number of benzene rings is 1. The second-order valence-electron chi connectivity index (χ2n) is 7.92. The highest BCUT2D eigenvalue weighted by Crippen LogP contribution is 2.23. The molecule has 5 heteroatoms. The predicted octanol–water partition coefficient (Wildman–Crippen LogP) is 4.21. The van der Waals surface area contributed by atoms with E-state index >= 15 is 0 Å². The molecule has 0 saturated carbocycles. The fourth-order valence-corrected chi connectivity index (χ4v) is 3.37. The molecule has 1 aliphatic rings. The van der Waals surface area contributed by atoms with E-state index in [1.165, 1.54) is 30.4 Å². The highest BCUT2D eigenvalue weighted by Gasteiger charge is 2.22. The van der Waals surface area contributed by atoms with Gasteiger partial charge in [0.1, 0.15) is 0 Å². The molecule has 148 valence electrons. The normalized spacial score (nSPS) is 16.1. The number of aliphatic imine (C=N–C) groups is 1. The first-order valence-electron chi connectivity index (χ1n) is 9.49. The summed E-state index contributed by atoms with van der Waals surface area (Å²) >= 11 is 0. The van der Waals surface area contributed by atoms with Crippen molar-refractivity contribution in [2.24, 2.45) is 10.9 Å². The number of hydrogen-bond donors (Lipinski definition) is 1. The van der Waals surface area contributed by atoms with Gasteiger partial charge in [-0.05, 0) is 37.7 Å². The molecule has 1 aliphatic heterocycles. The van der Waals surface area contributed by atoms with Crippen LogP contribution in [0.5, 0.6) is 0 Å². The number of halogens is 1. The highest BCUT2D eigenvalue weighted by atomic mass is 127. The van der Waals surface area contributed by atoms with Gasteiger partial charge in [0.15, 0.2) is 5.96 Å². The maximum atomic E-state index is 5.45. The lowest BCUT2D eigenvalue weighted by Crippen LogP contribution is -2.44. The van der Waals surface area contributed by atoms with Gasteiger partial charge in [-0.2, -0.15) is 0 Å². The summed E-state index contributed by atoms with van der Waals surface area (Å²) in [5.74, 6) is 1.77. The Bertz CT molecular complexity index is 568. The van der Waals surface area contributed by atoms with E-state index in [1.54, 1.807) is 0 Å². The molecule has 1 heterocycles. The van der Waals surface area contributed by atoms with E-state index in [2.05, 4.69) is 67.3 Å². The second-order valence-corrected chi connectivity index (χ2v) is 7.92. The first-order chi connectivity index (χ1) is 11.9. The average Bonchev–Trinajstić information content (AvgIpc) is 2.61. The Morgan fingerprint density at radius 1 is 1.31 bits per heavy atom. The summed E-state index contributed by atoms with van der Waals surface area (Å²) < 4.78 is 5.45. The van der Waals surface area contributed by atoms with Crippen LogP contribution in [0, 0.1) is 12.8 Å². The van der Waals surface area contributed by atoms with Gasteiger partial charge in [-0.25, -0.2) is 0 Å². The molecule has 1 aromatic rings. The molecule has 0 amide bonds. The number of nitrogens with zero attached hydrogens (tertiary/aromatic N) is 2. The Hall–Kier alpha value is -0.820. The molecule has 0 spiro atoms. The topological polar surface area (TPSA) is 36.9 Å². The van der Waals surface area contributed by atoms with Crippen LogP contribution in [0.15, 0.2) is 29.3 Å². The van der Waals surface area contributed by atoms with Crippen LogP contribution < -0.4 is 5.32 Å². The largest absolute Gasteiger partial charge is 0.381 e. The Labute approximate surface area is 176 Å². The summed E-state index contributed by atoms with van der Waals surface area (Å²) in [7, 11) is 4.00. The van der Waals surface area contributed by atoms with Crippen molar-refractivity contribution in [1.82, 2.24) is 10.2 Å².